The number of ether oxygens (including phenoxy) is 1. The maximum absolute atomic E-state index is 13.5. The Bertz CT molecular complexity index is 1130. The van der Waals surface area contributed by atoms with Gasteiger partial charge in [-0.25, -0.2) is 9.07 Å². The average molecular weight is 463 g/mol. The van der Waals surface area contributed by atoms with Crippen LogP contribution in [0.3, 0.4) is 0 Å². The average Bonchev–Trinajstić information content (AvgIpc) is 3.54. The van der Waals surface area contributed by atoms with Gasteiger partial charge in [-0.3, -0.25) is 9.69 Å². The van der Waals surface area contributed by atoms with E-state index in [1.165, 1.54) is 30.5 Å². The molecule has 0 radical (unpaired) electrons. The highest BCUT2D eigenvalue weighted by atomic mass is 19.1. The molecule has 1 atom stereocenters. The maximum Gasteiger partial charge on any atom is 0.272 e. The molecule has 7 heteroatoms. The van der Waals surface area contributed by atoms with Crippen LogP contribution in [0.4, 0.5) is 4.39 Å². The number of halogens is 1. The zero-order valence-electron chi connectivity index (χ0n) is 19.6. The number of methoxy groups -OCH3 is 1. The van der Waals surface area contributed by atoms with Crippen LogP contribution in [-0.4, -0.2) is 47.3 Å². The lowest BCUT2D eigenvalue weighted by Gasteiger charge is -2.28. The van der Waals surface area contributed by atoms with E-state index in [9.17, 15) is 9.18 Å². The Labute approximate surface area is 199 Å². The lowest BCUT2D eigenvalue weighted by atomic mass is 9.95. The molecule has 2 aliphatic rings. The van der Waals surface area contributed by atoms with E-state index in [0.29, 0.717) is 12.2 Å². The van der Waals surface area contributed by atoms with Gasteiger partial charge in [0.2, 0.25) is 0 Å². The van der Waals surface area contributed by atoms with Gasteiger partial charge in [-0.15, -0.1) is 0 Å². The molecule has 0 spiro atoms. The van der Waals surface area contributed by atoms with Gasteiger partial charge in [0.25, 0.3) is 5.91 Å². The highest BCUT2D eigenvalue weighted by Crippen LogP contribution is 2.29. The molecule has 5 rings (SSSR count). The van der Waals surface area contributed by atoms with Gasteiger partial charge in [0.15, 0.2) is 5.69 Å². The zero-order valence-corrected chi connectivity index (χ0v) is 19.6. The first-order chi connectivity index (χ1) is 16.6. The Kier molecular flexibility index (Phi) is 6.63. The van der Waals surface area contributed by atoms with Gasteiger partial charge in [-0.1, -0.05) is 12.1 Å². The number of hydrogen-bond donors (Lipinski definition) is 1. The SMILES string of the molecule is COc1ccc(C(CNC(=O)c2nn(-c3ccc(F)cc3)c3c2CCCC3)N2CCCC2)cc1. The van der Waals surface area contributed by atoms with Gasteiger partial charge in [0.05, 0.1) is 18.8 Å². The lowest BCUT2D eigenvalue weighted by Crippen LogP contribution is -2.37. The summed E-state index contributed by atoms with van der Waals surface area (Å²) in [6.45, 7) is 2.58. The molecule has 1 saturated heterocycles. The molecule has 34 heavy (non-hydrogen) atoms. The van der Waals surface area contributed by atoms with Crippen LogP contribution >= 0.6 is 0 Å². The van der Waals surface area contributed by atoms with Crippen LogP contribution < -0.4 is 10.1 Å². The highest BCUT2D eigenvalue weighted by Gasteiger charge is 2.28. The van der Waals surface area contributed by atoms with Crippen LogP contribution in [0.5, 0.6) is 5.75 Å². The Hall–Kier alpha value is -3.19. The number of benzene rings is 2. The number of fused-ring (bicyclic) bond motifs is 1. The fourth-order valence-electron chi connectivity index (χ4n) is 5.19. The van der Waals surface area contributed by atoms with Crippen molar-refractivity contribution in [3.8, 4) is 11.4 Å². The second-order valence-electron chi connectivity index (χ2n) is 9.11. The Balaban J connectivity index is 1.38. The van der Waals surface area contributed by atoms with Crippen LogP contribution in [0.25, 0.3) is 5.69 Å². The first kappa shape index (κ1) is 22.6. The first-order valence-electron chi connectivity index (χ1n) is 12.2. The van der Waals surface area contributed by atoms with Gasteiger partial charge in [0.1, 0.15) is 11.6 Å². The molecule has 0 saturated carbocycles. The summed E-state index contributed by atoms with van der Waals surface area (Å²) in [7, 11) is 1.67. The van der Waals surface area contributed by atoms with E-state index in [1.54, 1.807) is 19.2 Å². The molecular formula is C27H31FN4O2. The molecule has 2 heterocycles. The van der Waals surface area contributed by atoms with Crippen molar-refractivity contribution < 1.29 is 13.9 Å². The molecule has 1 N–H and O–H groups in total. The molecule has 178 valence electrons. The van der Waals surface area contributed by atoms with Gasteiger partial charge < -0.3 is 10.1 Å². The number of hydrogen-bond acceptors (Lipinski definition) is 4. The van der Waals surface area contributed by atoms with E-state index < -0.39 is 0 Å². The van der Waals surface area contributed by atoms with Crippen LogP contribution in [0, 0.1) is 5.82 Å². The zero-order chi connectivity index (χ0) is 23.5. The van der Waals surface area contributed by atoms with Crippen molar-refractivity contribution in [1.29, 1.82) is 0 Å². The van der Waals surface area contributed by atoms with Gasteiger partial charge in [-0.2, -0.15) is 5.10 Å². The number of nitrogens with zero attached hydrogens (tertiary/aromatic N) is 3. The third-order valence-corrected chi connectivity index (χ3v) is 7.00. The third kappa shape index (κ3) is 4.57. The van der Waals surface area contributed by atoms with Crippen LogP contribution in [-0.2, 0) is 12.8 Å². The smallest absolute Gasteiger partial charge is 0.272 e. The summed E-state index contributed by atoms with van der Waals surface area (Å²) in [4.78, 5) is 15.8. The van der Waals surface area contributed by atoms with E-state index in [1.807, 2.05) is 16.8 Å². The predicted octanol–water partition coefficient (Wildman–Crippen LogP) is 4.47. The van der Waals surface area contributed by atoms with E-state index in [4.69, 9.17) is 9.84 Å². The molecule has 3 aromatic rings. The minimum Gasteiger partial charge on any atom is -0.497 e. The van der Waals surface area contributed by atoms with Gasteiger partial charge >= 0.3 is 0 Å². The number of rotatable bonds is 7. The Morgan fingerprint density at radius 1 is 1.03 bits per heavy atom. The minimum absolute atomic E-state index is 0.104. The van der Waals surface area contributed by atoms with Crippen molar-refractivity contribution in [3.63, 3.8) is 0 Å². The summed E-state index contributed by atoms with van der Waals surface area (Å²) < 4.78 is 20.6. The molecular weight excluding hydrogens is 431 g/mol. The predicted molar refractivity (Wildman–Crippen MR) is 129 cm³/mol. The van der Waals surface area contributed by atoms with E-state index in [2.05, 4.69) is 22.3 Å². The summed E-state index contributed by atoms with van der Waals surface area (Å²) in [6.07, 6.45) is 6.18. The minimum atomic E-state index is -0.283. The first-order valence-corrected chi connectivity index (χ1v) is 12.2. The number of carbonyl (C=O) groups is 1. The summed E-state index contributed by atoms with van der Waals surface area (Å²) in [5.74, 6) is 0.400. The van der Waals surface area contributed by atoms with Crippen molar-refractivity contribution in [2.24, 2.45) is 0 Å². The molecule has 1 fully saturated rings. The van der Waals surface area contributed by atoms with Crippen LogP contribution in [0.2, 0.25) is 0 Å². The van der Waals surface area contributed by atoms with Crippen LogP contribution in [0.1, 0.15) is 59.0 Å². The largest absolute Gasteiger partial charge is 0.497 e. The number of carbonyl (C=O) groups excluding carboxylic acids is 1. The molecule has 1 amide bonds. The van der Waals surface area contributed by atoms with Crippen LogP contribution in [0.15, 0.2) is 48.5 Å². The second-order valence-corrected chi connectivity index (χ2v) is 9.11. The fraction of sp³-hybridized carbons (Fsp3) is 0.407. The quantitative estimate of drug-likeness (QED) is 0.563. The van der Waals surface area contributed by atoms with E-state index in [0.717, 1.165) is 61.5 Å². The van der Waals surface area contributed by atoms with Gasteiger partial charge in [0, 0.05) is 17.8 Å². The van der Waals surface area contributed by atoms with E-state index >= 15 is 0 Å². The van der Waals surface area contributed by atoms with Gasteiger partial charge in [-0.05, 0) is 93.6 Å². The van der Waals surface area contributed by atoms with E-state index in [-0.39, 0.29) is 17.8 Å². The number of amides is 1. The second kappa shape index (κ2) is 9.97. The summed E-state index contributed by atoms with van der Waals surface area (Å²) >= 11 is 0. The highest BCUT2D eigenvalue weighted by molar-refractivity contribution is 5.94. The topological polar surface area (TPSA) is 59.4 Å². The van der Waals surface area contributed by atoms with Crippen molar-refractivity contribution >= 4 is 5.91 Å². The molecule has 0 bridgehead atoms. The normalized spacial score (nSPS) is 16.8. The molecule has 1 aromatic heterocycles. The third-order valence-electron chi connectivity index (χ3n) is 7.00. The Morgan fingerprint density at radius 3 is 2.44 bits per heavy atom. The molecule has 1 unspecified atom stereocenters. The Morgan fingerprint density at radius 2 is 1.74 bits per heavy atom. The number of aromatic nitrogens is 2. The monoisotopic (exact) mass is 462 g/mol. The van der Waals surface area contributed by atoms with Crippen molar-refractivity contribution in [1.82, 2.24) is 20.0 Å². The molecule has 1 aliphatic carbocycles. The summed E-state index contributed by atoms with van der Waals surface area (Å²) in [5, 5.41) is 7.89. The standard InChI is InChI=1S/C27H31FN4O2/c1-34-22-14-8-19(9-15-22)25(31-16-4-5-17-31)18-29-27(33)26-23-6-2-3-7-24(23)32(30-26)21-12-10-20(28)11-13-21/h8-15,25H,2-7,16-18H2,1H3,(H,29,33). The summed E-state index contributed by atoms with van der Waals surface area (Å²) in [5.41, 5.74) is 4.53. The number of likely N-dealkylation sites (tertiary alicyclic amines) is 1. The van der Waals surface area contributed by atoms with Crippen molar-refractivity contribution in [2.75, 3.05) is 26.7 Å². The fourth-order valence-corrected chi connectivity index (χ4v) is 5.19. The van der Waals surface area contributed by atoms with Crippen molar-refractivity contribution in [3.05, 3.63) is 76.9 Å². The van der Waals surface area contributed by atoms with Crippen molar-refractivity contribution in [2.45, 2.75) is 44.6 Å². The summed E-state index contributed by atoms with van der Waals surface area (Å²) in [6, 6.07) is 14.5. The molecule has 2 aromatic carbocycles. The lowest BCUT2D eigenvalue weighted by molar-refractivity contribution is 0.0931. The molecule has 1 aliphatic heterocycles. The maximum atomic E-state index is 13.5. The number of nitrogens with one attached hydrogen (secondary N) is 1. The molecule has 6 nitrogen and oxygen atoms in total.